The van der Waals surface area contributed by atoms with Gasteiger partial charge in [0.25, 0.3) is 0 Å². The number of aldehydes is 1. The second kappa shape index (κ2) is 7.83. The Labute approximate surface area is 146 Å². The predicted octanol–water partition coefficient (Wildman–Crippen LogP) is 2.68. The SMILES string of the molecule is CSc1ncc(C=O)c(NC[C@@H]2CCN(C(=O)OC(C)(C)C)C2)n1. The molecule has 24 heavy (non-hydrogen) atoms. The van der Waals surface area contributed by atoms with E-state index in [9.17, 15) is 9.59 Å². The zero-order valence-electron chi connectivity index (χ0n) is 14.5. The Morgan fingerprint density at radius 2 is 2.29 bits per heavy atom. The molecular formula is C16H24N4O3S. The van der Waals surface area contributed by atoms with Gasteiger partial charge >= 0.3 is 6.09 Å². The molecule has 0 bridgehead atoms. The van der Waals surface area contributed by atoms with Crippen molar-refractivity contribution in [1.29, 1.82) is 0 Å². The lowest BCUT2D eigenvalue weighted by atomic mass is 10.1. The smallest absolute Gasteiger partial charge is 0.410 e. The summed E-state index contributed by atoms with van der Waals surface area (Å²) < 4.78 is 5.40. The van der Waals surface area contributed by atoms with Crippen LogP contribution in [0.2, 0.25) is 0 Å². The topological polar surface area (TPSA) is 84.4 Å². The van der Waals surface area contributed by atoms with Gasteiger partial charge in [-0.3, -0.25) is 4.79 Å². The van der Waals surface area contributed by atoms with Crippen LogP contribution in [0.3, 0.4) is 0 Å². The number of hydrogen-bond donors (Lipinski definition) is 1. The van der Waals surface area contributed by atoms with E-state index in [-0.39, 0.29) is 6.09 Å². The Morgan fingerprint density at radius 3 is 2.92 bits per heavy atom. The molecular weight excluding hydrogens is 328 g/mol. The van der Waals surface area contributed by atoms with E-state index in [4.69, 9.17) is 4.74 Å². The van der Waals surface area contributed by atoms with Gasteiger partial charge in [0.15, 0.2) is 11.4 Å². The molecule has 1 aliphatic heterocycles. The van der Waals surface area contributed by atoms with Crippen molar-refractivity contribution in [3.05, 3.63) is 11.8 Å². The van der Waals surface area contributed by atoms with Gasteiger partial charge in [0, 0.05) is 25.8 Å². The van der Waals surface area contributed by atoms with Crippen molar-refractivity contribution in [3.8, 4) is 0 Å². The van der Waals surface area contributed by atoms with E-state index in [1.807, 2.05) is 27.0 Å². The van der Waals surface area contributed by atoms with E-state index in [1.54, 1.807) is 4.90 Å². The van der Waals surface area contributed by atoms with E-state index in [1.165, 1.54) is 18.0 Å². The average molecular weight is 352 g/mol. The molecule has 2 rings (SSSR count). The van der Waals surface area contributed by atoms with Crippen molar-refractivity contribution >= 4 is 30.0 Å². The molecule has 0 saturated carbocycles. The van der Waals surface area contributed by atoms with E-state index in [0.29, 0.717) is 42.1 Å². The lowest BCUT2D eigenvalue weighted by Gasteiger charge is -2.24. The van der Waals surface area contributed by atoms with E-state index in [0.717, 1.165) is 12.7 Å². The molecule has 0 spiro atoms. The van der Waals surface area contributed by atoms with Crippen LogP contribution in [0.15, 0.2) is 11.4 Å². The number of anilines is 1. The summed E-state index contributed by atoms with van der Waals surface area (Å²) in [5, 5.41) is 3.83. The number of likely N-dealkylation sites (tertiary alicyclic amines) is 1. The van der Waals surface area contributed by atoms with Crippen molar-refractivity contribution in [3.63, 3.8) is 0 Å². The highest BCUT2D eigenvalue weighted by molar-refractivity contribution is 7.98. The molecule has 1 aliphatic rings. The van der Waals surface area contributed by atoms with E-state index < -0.39 is 5.60 Å². The molecule has 1 saturated heterocycles. The molecule has 1 aromatic rings. The number of rotatable bonds is 5. The molecule has 1 fully saturated rings. The van der Waals surface area contributed by atoms with Crippen LogP contribution in [0, 0.1) is 5.92 Å². The highest BCUT2D eigenvalue weighted by Crippen LogP contribution is 2.21. The molecule has 1 N–H and O–H groups in total. The molecule has 132 valence electrons. The van der Waals surface area contributed by atoms with Crippen LogP contribution in [0.4, 0.5) is 10.6 Å². The van der Waals surface area contributed by atoms with Crippen LogP contribution in [0.1, 0.15) is 37.6 Å². The minimum Gasteiger partial charge on any atom is -0.444 e. The third-order valence-electron chi connectivity index (χ3n) is 3.60. The first-order valence-electron chi connectivity index (χ1n) is 7.90. The number of nitrogens with one attached hydrogen (secondary N) is 1. The van der Waals surface area contributed by atoms with Gasteiger partial charge in [-0.25, -0.2) is 14.8 Å². The van der Waals surface area contributed by atoms with Crippen LogP contribution in [0.5, 0.6) is 0 Å². The average Bonchev–Trinajstić information content (AvgIpc) is 3.00. The van der Waals surface area contributed by atoms with E-state index >= 15 is 0 Å². The molecule has 2 heterocycles. The monoisotopic (exact) mass is 352 g/mol. The van der Waals surface area contributed by atoms with Crippen LogP contribution in [-0.2, 0) is 4.74 Å². The van der Waals surface area contributed by atoms with E-state index in [2.05, 4.69) is 15.3 Å². The maximum atomic E-state index is 12.1. The quantitative estimate of drug-likeness (QED) is 0.495. The number of thioether (sulfide) groups is 1. The molecule has 1 aromatic heterocycles. The van der Waals surface area contributed by atoms with Gasteiger partial charge in [-0.15, -0.1) is 0 Å². The minimum absolute atomic E-state index is 0.273. The number of carbonyl (C=O) groups is 2. The summed E-state index contributed by atoms with van der Waals surface area (Å²) in [6.45, 7) is 7.55. The first-order chi connectivity index (χ1) is 11.3. The zero-order chi connectivity index (χ0) is 17.7. The summed E-state index contributed by atoms with van der Waals surface area (Å²) in [6.07, 6.45) is 4.77. The molecule has 0 unspecified atom stereocenters. The number of aromatic nitrogens is 2. The van der Waals surface area contributed by atoms with Crippen LogP contribution in [-0.4, -0.2) is 58.7 Å². The van der Waals surface area contributed by atoms with Crippen molar-refractivity contribution in [1.82, 2.24) is 14.9 Å². The first-order valence-corrected chi connectivity index (χ1v) is 9.13. The van der Waals surface area contributed by atoms with Crippen molar-refractivity contribution in [2.75, 3.05) is 31.2 Å². The Balaban J connectivity index is 1.90. The number of ether oxygens (including phenoxy) is 1. The van der Waals surface area contributed by atoms with Crippen molar-refractivity contribution < 1.29 is 14.3 Å². The fourth-order valence-corrected chi connectivity index (χ4v) is 2.77. The number of amides is 1. The summed E-state index contributed by atoms with van der Waals surface area (Å²) in [6, 6.07) is 0. The summed E-state index contributed by atoms with van der Waals surface area (Å²) >= 11 is 1.42. The standard InChI is InChI=1S/C16H24N4O3S/c1-16(2,3)23-15(22)20-6-5-11(9-20)7-17-13-12(10-21)8-18-14(19-13)24-4/h8,10-11H,5-7,9H2,1-4H3,(H,17,18,19)/t11-/m0/s1. The molecule has 8 heteroatoms. The second-order valence-corrected chi connectivity index (χ2v) is 7.51. The van der Waals surface area contributed by atoms with Gasteiger partial charge in [0.05, 0.1) is 5.56 Å². The number of carbonyl (C=O) groups excluding carboxylic acids is 2. The third kappa shape index (κ3) is 5.09. The Morgan fingerprint density at radius 1 is 1.54 bits per heavy atom. The first kappa shape index (κ1) is 18.5. The highest BCUT2D eigenvalue weighted by atomic mass is 32.2. The van der Waals surface area contributed by atoms with Gasteiger partial charge < -0.3 is 15.0 Å². The molecule has 1 amide bonds. The van der Waals surface area contributed by atoms with Crippen LogP contribution < -0.4 is 5.32 Å². The largest absolute Gasteiger partial charge is 0.444 e. The molecule has 0 radical (unpaired) electrons. The number of nitrogens with zero attached hydrogens (tertiary/aromatic N) is 3. The fourth-order valence-electron chi connectivity index (χ4n) is 2.43. The lowest BCUT2D eigenvalue weighted by molar-refractivity contribution is 0.0289. The van der Waals surface area contributed by atoms with Gasteiger partial charge in [-0.1, -0.05) is 11.8 Å². The maximum Gasteiger partial charge on any atom is 0.410 e. The lowest BCUT2D eigenvalue weighted by Crippen LogP contribution is -2.35. The third-order valence-corrected chi connectivity index (χ3v) is 4.16. The molecule has 0 aliphatic carbocycles. The summed E-state index contributed by atoms with van der Waals surface area (Å²) in [4.78, 5) is 33.3. The Bertz CT molecular complexity index is 603. The second-order valence-electron chi connectivity index (χ2n) is 6.74. The zero-order valence-corrected chi connectivity index (χ0v) is 15.4. The van der Waals surface area contributed by atoms with Crippen molar-refractivity contribution in [2.24, 2.45) is 5.92 Å². The van der Waals surface area contributed by atoms with Gasteiger partial charge in [0.2, 0.25) is 0 Å². The Kier molecular flexibility index (Phi) is 6.04. The highest BCUT2D eigenvalue weighted by Gasteiger charge is 2.29. The number of hydrogen-bond acceptors (Lipinski definition) is 7. The van der Waals surface area contributed by atoms with Crippen molar-refractivity contribution in [2.45, 2.75) is 37.9 Å². The molecule has 7 nitrogen and oxygen atoms in total. The predicted molar refractivity (Wildman–Crippen MR) is 93.6 cm³/mol. The summed E-state index contributed by atoms with van der Waals surface area (Å²) in [5.74, 6) is 0.838. The Hall–Kier alpha value is -1.83. The van der Waals surface area contributed by atoms with Gasteiger partial charge in [0.1, 0.15) is 11.4 Å². The van der Waals surface area contributed by atoms with Crippen LogP contribution in [0.25, 0.3) is 0 Å². The van der Waals surface area contributed by atoms with Gasteiger partial charge in [-0.2, -0.15) is 0 Å². The van der Waals surface area contributed by atoms with Gasteiger partial charge in [-0.05, 0) is 39.4 Å². The van der Waals surface area contributed by atoms with Crippen LogP contribution >= 0.6 is 11.8 Å². The maximum absolute atomic E-state index is 12.1. The molecule has 1 atom stereocenters. The summed E-state index contributed by atoms with van der Waals surface area (Å²) in [5.41, 5.74) is -0.0450. The fraction of sp³-hybridized carbons (Fsp3) is 0.625. The minimum atomic E-state index is -0.485. The molecule has 0 aromatic carbocycles. The summed E-state index contributed by atoms with van der Waals surface area (Å²) in [7, 11) is 0. The normalized spacial score (nSPS) is 17.7.